The van der Waals surface area contributed by atoms with Crippen LogP contribution in [0, 0.1) is 0 Å². The van der Waals surface area contributed by atoms with Gasteiger partial charge in [-0.3, -0.25) is 0 Å². The van der Waals surface area contributed by atoms with E-state index in [9.17, 15) is 0 Å². The van der Waals surface area contributed by atoms with Gasteiger partial charge in [0, 0.05) is 0 Å². The number of halogens is 1. The first-order valence-electron chi connectivity index (χ1n) is 2.13. The van der Waals surface area contributed by atoms with Crippen molar-refractivity contribution in [1.29, 1.82) is 0 Å². The van der Waals surface area contributed by atoms with E-state index in [-0.39, 0.29) is 0 Å². The smallest absolute Gasteiger partial charge is 0.122 e. The van der Waals surface area contributed by atoms with Crippen LogP contribution >= 0.6 is 11.6 Å². The van der Waals surface area contributed by atoms with E-state index in [0.717, 1.165) is 16.8 Å². The highest BCUT2D eigenvalue weighted by molar-refractivity contribution is 8.03. The largest absolute Gasteiger partial charge is 0.152 e. The molecule has 0 N–H and O–H groups in total. The molecule has 1 heterocycles. The molecule has 1 fully saturated rings. The molecule has 1 saturated heterocycles. The predicted molar refractivity (Wildman–Crippen MR) is 32.7 cm³/mol. The Kier molecular flexibility index (Phi) is 1.66. The normalized spacial score (nSPS) is 21.5. The van der Waals surface area contributed by atoms with E-state index in [4.69, 9.17) is 11.6 Å². The highest BCUT2D eigenvalue weighted by Crippen LogP contribution is 2.11. The molecule has 0 aromatic heterocycles. The highest BCUT2D eigenvalue weighted by atomic mass is 35.5. The summed E-state index contributed by atoms with van der Waals surface area (Å²) in [7, 11) is 0.802. The maximum atomic E-state index is 5.44. The van der Waals surface area contributed by atoms with Gasteiger partial charge in [-0.05, 0) is 10.9 Å². The van der Waals surface area contributed by atoms with E-state index in [1.165, 1.54) is 17.3 Å². The fourth-order valence-electron chi connectivity index (χ4n) is 0.372. The van der Waals surface area contributed by atoms with Crippen LogP contribution in [-0.4, -0.2) is 23.1 Å². The molecule has 6 heavy (non-hydrogen) atoms. The maximum absolute atomic E-state index is 5.44. The minimum Gasteiger partial charge on any atom is -0.122 e. The monoisotopic (exact) mass is 123 g/mol. The van der Waals surface area contributed by atoms with Gasteiger partial charge in [0.1, 0.15) is 5.75 Å². The predicted octanol–water partition coefficient (Wildman–Crippen LogP) is 0.857. The molecule has 0 radical (unpaired) electrons. The van der Waals surface area contributed by atoms with E-state index in [2.05, 4.69) is 0 Å². The molecule has 0 bridgehead atoms. The summed E-state index contributed by atoms with van der Waals surface area (Å²) in [6, 6.07) is 0. The van der Waals surface area contributed by atoms with E-state index in [0.29, 0.717) is 0 Å². The van der Waals surface area contributed by atoms with Crippen LogP contribution in [-0.2, 0) is 10.9 Å². The molecule has 0 atom stereocenters. The van der Waals surface area contributed by atoms with E-state index in [1.807, 2.05) is 0 Å². The molecule has 0 nitrogen and oxygen atoms in total. The Morgan fingerprint density at radius 2 is 2.17 bits per heavy atom. The quantitative estimate of drug-likeness (QED) is 0.290. The molecule has 1 aliphatic rings. The standard InChI is InChI=1S/C4H8ClS/c5-1-2-6-3-4-6/h1-4H2/q+1. The van der Waals surface area contributed by atoms with Gasteiger partial charge in [-0.2, -0.15) is 0 Å². The molecule has 0 amide bonds. The van der Waals surface area contributed by atoms with Crippen molar-refractivity contribution in [1.82, 2.24) is 0 Å². The van der Waals surface area contributed by atoms with Crippen molar-refractivity contribution in [2.24, 2.45) is 0 Å². The average molecular weight is 124 g/mol. The van der Waals surface area contributed by atoms with Gasteiger partial charge in [-0.1, -0.05) is 0 Å². The van der Waals surface area contributed by atoms with Crippen molar-refractivity contribution >= 4 is 22.5 Å². The minimum atomic E-state index is 0.802. The first-order valence-corrected chi connectivity index (χ1v) is 4.40. The molecule has 0 aromatic rings. The van der Waals surface area contributed by atoms with Gasteiger partial charge in [-0.25, -0.2) is 0 Å². The Balaban J connectivity index is 1.88. The Labute approximate surface area is 46.2 Å². The summed E-state index contributed by atoms with van der Waals surface area (Å²) in [4.78, 5) is 0. The summed E-state index contributed by atoms with van der Waals surface area (Å²) in [6.45, 7) is 0. The molecule has 0 saturated carbocycles. The third kappa shape index (κ3) is 1.39. The number of hydrogen-bond acceptors (Lipinski definition) is 0. The lowest BCUT2D eigenvalue weighted by atomic mass is 11.0. The van der Waals surface area contributed by atoms with Crippen molar-refractivity contribution < 1.29 is 0 Å². The van der Waals surface area contributed by atoms with Gasteiger partial charge >= 0.3 is 0 Å². The Morgan fingerprint density at radius 3 is 2.33 bits per heavy atom. The van der Waals surface area contributed by atoms with Crippen molar-refractivity contribution in [3.8, 4) is 0 Å². The number of alkyl halides is 1. The average Bonchev–Trinajstić information content (AvgIpc) is 2.21. The molecule has 0 aromatic carbocycles. The zero-order valence-corrected chi connectivity index (χ0v) is 5.19. The molecule has 1 aliphatic heterocycles. The van der Waals surface area contributed by atoms with Crippen molar-refractivity contribution in [2.45, 2.75) is 0 Å². The fraction of sp³-hybridized carbons (Fsp3) is 1.00. The van der Waals surface area contributed by atoms with Crippen LogP contribution in [0.15, 0.2) is 0 Å². The molecular weight excluding hydrogens is 116 g/mol. The van der Waals surface area contributed by atoms with Gasteiger partial charge in [0.2, 0.25) is 0 Å². The van der Waals surface area contributed by atoms with Gasteiger partial charge in [-0.15, -0.1) is 11.6 Å². The van der Waals surface area contributed by atoms with Crippen LogP contribution in [0.25, 0.3) is 0 Å². The second-order valence-electron chi connectivity index (χ2n) is 1.41. The number of rotatable bonds is 2. The molecule has 0 spiro atoms. The van der Waals surface area contributed by atoms with Gasteiger partial charge in [0.25, 0.3) is 0 Å². The van der Waals surface area contributed by atoms with Crippen molar-refractivity contribution in [3.63, 3.8) is 0 Å². The first-order chi connectivity index (χ1) is 2.93. The Hall–Kier alpha value is 0.640. The molecule has 2 heteroatoms. The summed E-state index contributed by atoms with van der Waals surface area (Å²) >= 11 is 5.44. The Morgan fingerprint density at radius 1 is 1.50 bits per heavy atom. The summed E-state index contributed by atoms with van der Waals surface area (Å²) < 4.78 is 0. The lowest BCUT2D eigenvalue weighted by Gasteiger charge is -1.72. The van der Waals surface area contributed by atoms with Crippen LogP contribution in [0.5, 0.6) is 0 Å². The molecule has 0 aliphatic carbocycles. The van der Waals surface area contributed by atoms with Crippen LogP contribution in [0.3, 0.4) is 0 Å². The highest BCUT2D eigenvalue weighted by Gasteiger charge is 2.32. The minimum absolute atomic E-state index is 0.802. The Bertz CT molecular complexity index is 42.8. The summed E-state index contributed by atoms with van der Waals surface area (Å²) in [5, 5.41) is 0. The zero-order chi connectivity index (χ0) is 4.41. The van der Waals surface area contributed by atoms with E-state index in [1.54, 1.807) is 0 Å². The summed E-state index contributed by atoms with van der Waals surface area (Å²) in [6.07, 6.45) is 0. The fourth-order valence-corrected chi connectivity index (χ4v) is 2.12. The van der Waals surface area contributed by atoms with E-state index < -0.39 is 0 Å². The molecule has 1 rings (SSSR count). The molecule has 0 unspecified atom stereocenters. The van der Waals surface area contributed by atoms with Crippen molar-refractivity contribution in [3.05, 3.63) is 0 Å². The lowest BCUT2D eigenvalue weighted by Crippen LogP contribution is -1.87. The van der Waals surface area contributed by atoms with Gasteiger partial charge < -0.3 is 0 Å². The van der Waals surface area contributed by atoms with Crippen LogP contribution in [0.1, 0.15) is 0 Å². The first kappa shape index (κ1) is 4.79. The van der Waals surface area contributed by atoms with Gasteiger partial charge in [0.05, 0.1) is 5.88 Å². The topological polar surface area (TPSA) is 0 Å². The second kappa shape index (κ2) is 2.08. The lowest BCUT2D eigenvalue weighted by molar-refractivity contribution is 1.54. The maximum Gasteiger partial charge on any atom is 0.152 e. The molecule has 36 valence electrons. The third-order valence-corrected chi connectivity index (χ3v) is 3.04. The van der Waals surface area contributed by atoms with Crippen LogP contribution in [0.2, 0.25) is 0 Å². The van der Waals surface area contributed by atoms with Gasteiger partial charge in [0.15, 0.2) is 11.5 Å². The summed E-state index contributed by atoms with van der Waals surface area (Å²) in [5.74, 6) is 5.09. The SMILES string of the molecule is ClCC[S+]1CC1. The van der Waals surface area contributed by atoms with E-state index >= 15 is 0 Å². The molecular formula is C4H8ClS+. The van der Waals surface area contributed by atoms with Crippen LogP contribution < -0.4 is 0 Å². The zero-order valence-electron chi connectivity index (χ0n) is 3.61. The second-order valence-corrected chi connectivity index (χ2v) is 4.24. The third-order valence-electron chi connectivity index (χ3n) is 0.859. The van der Waals surface area contributed by atoms with Crippen LogP contribution in [0.4, 0.5) is 0 Å². The van der Waals surface area contributed by atoms with Crippen molar-refractivity contribution in [2.75, 3.05) is 23.1 Å². The number of hydrogen-bond donors (Lipinski definition) is 0. The summed E-state index contributed by atoms with van der Waals surface area (Å²) in [5.41, 5.74) is 0.